The zero-order chi connectivity index (χ0) is 9.19. The van der Waals surface area contributed by atoms with Crippen LogP contribution in [-0.4, -0.2) is 15.2 Å². The molecule has 0 heterocycles. The molecule has 0 aromatic carbocycles. The van der Waals surface area contributed by atoms with Gasteiger partial charge in [-0.05, 0) is 32.6 Å². The Balaban J connectivity index is 2.59. The van der Waals surface area contributed by atoms with Crippen LogP contribution in [0.25, 0.3) is 0 Å². The summed E-state index contributed by atoms with van der Waals surface area (Å²) in [5.74, 6) is 0.692. The Morgan fingerprint density at radius 2 is 1.67 bits per heavy atom. The lowest BCUT2D eigenvalue weighted by molar-refractivity contribution is 0.299. The van der Waals surface area contributed by atoms with Crippen molar-refractivity contribution in [1.29, 1.82) is 0 Å². The lowest BCUT2D eigenvalue weighted by Crippen LogP contribution is -2.36. The summed E-state index contributed by atoms with van der Waals surface area (Å²) in [6.45, 7) is 4.30. The van der Waals surface area contributed by atoms with E-state index in [1.165, 1.54) is 32.1 Å². The zero-order valence-electron chi connectivity index (χ0n) is 8.43. The van der Waals surface area contributed by atoms with E-state index < -0.39 is 10.8 Å². The van der Waals surface area contributed by atoms with Crippen molar-refractivity contribution in [2.45, 2.75) is 50.7 Å². The van der Waals surface area contributed by atoms with Gasteiger partial charge in [0.1, 0.15) is 0 Å². The molecule has 0 aromatic heterocycles. The minimum atomic E-state index is -0.673. The molecule has 2 heteroatoms. The molecule has 1 atom stereocenters. The second-order valence-corrected chi connectivity index (χ2v) is 6.35. The summed E-state index contributed by atoms with van der Waals surface area (Å²) in [6, 6.07) is 0. The summed E-state index contributed by atoms with van der Waals surface area (Å²) in [4.78, 5) is 0. The summed E-state index contributed by atoms with van der Waals surface area (Å²) in [5, 5.41) is 0. The zero-order valence-corrected chi connectivity index (χ0v) is 9.25. The van der Waals surface area contributed by atoms with Crippen LogP contribution in [0.4, 0.5) is 0 Å². The van der Waals surface area contributed by atoms with Gasteiger partial charge < -0.3 is 0 Å². The third kappa shape index (κ3) is 2.09. The summed E-state index contributed by atoms with van der Waals surface area (Å²) < 4.78 is 11.5. The van der Waals surface area contributed by atoms with Crippen molar-refractivity contribution in [3.63, 3.8) is 0 Å². The van der Waals surface area contributed by atoms with E-state index in [1.807, 2.05) is 6.26 Å². The molecule has 1 unspecified atom stereocenters. The van der Waals surface area contributed by atoms with Gasteiger partial charge in [0.25, 0.3) is 0 Å². The molecule has 1 saturated carbocycles. The molecule has 0 aliphatic heterocycles. The minimum absolute atomic E-state index is 0.0421. The van der Waals surface area contributed by atoms with Gasteiger partial charge in [-0.1, -0.05) is 19.3 Å². The Labute approximate surface area is 78.4 Å². The SMILES string of the molecule is CS(=O)C(C)(C)C1CCCCC1. The Kier molecular flexibility index (Phi) is 3.33. The van der Waals surface area contributed by atoms with Gasteiger partial charge in [-0.2, -0.15) is 0 Å². The van der Waals surface area contributed by atoms with Crippen molar-refractivity contribution < 1.29 is 4.21 Å². The maximum Gasteiger partial charge on any atom is 0.0428 e. The maximum atomic E-state index is 11.5. The normalized spacial score (nSPS) is 23.9. The third-order valence-corrected chi connectivity index (χ3v) is 5.14. The fourth-order valence-electron chi connectivity index (χ4n) is 2.03. The molecular weight excluding hydrogens is 168 g/mol. The minimum Gasteiger partial charge on any atom is -0.259 e. The molecule has 0 saturated heterocycles. The Hall–Kier alpha value is 0.150. The van der Waals surface area contributed by atoms with Gasteiger partial charge in [0, 0.05) is 21.8 Å². The van der Waals surface area contributed by atoms with Crippen LogP contribution in [0.2, 0.25) is 0 Å². The molecule has 1 nitrogen and oxygen atoms in total. The first-order chi connectivity index (χ1) is 5.55. The summed E-state index contributed by atoms with van der Waals surface area (Å²) in [5.41, 5.74) is 0. The molecule has 72 valence electrons. The lowest BCUT2D eigenvalue weighted by atomic mass is 9.81. The standard InChI is InChI=1S/C10H20OS/c1-10(2,12(3)11)9-7-5-4-6-8-9/h9H,4-8H2,1-3H3. The second-order valence-electron chi connectivity index (χ2n) is 4.39. The summed E-state index contributed by atoms with van der Waals surface area (Å²) in [7, 11) is -0.673. The molecule has 1 aliphatic carbocycles. The van der Waals surface area contributed by atoms with Gasteiger partial charge in [0.2, 0.25) is 0 Å². The average molecular weight is 188 g/mol. The van der Waals surface area contributed by atoms with Crippen LogP contribution in [0.5, 0.6) is 0 Å². The molecule has 0 radical (unpaired) electrons. The van der Waals surface area contributed by atoms with Crippen LogP contribution in [-0.2, 0) is 10.8 Å². The van der Waals surface area contributed by atoms with Gasteiger partial charge in [-0.15, -0.1) is 0 Å². The highest BCUT2D eigenvalue weighted by molar-refractivity contribution is 7.85. The van der Waals surface area contributed by atoms with Crippen molar-refractivity contribution in [2.75, 3.05) is 6.26 Å². The van der Waals surface area contributed by atoms with E-state index in [0.29, 0.717) is 5.92 Å². The van der Waals surface area contributed by atoms with Crippen LogP contribution in [0, 0.1) is 5.92 Å². The van der Waals surface area contributed by atoms with Gasteiger partial charge >= 0.3 is 0 Å². The molecule has 12 heavy (non-hydrogen) atoms. The molecule has 1 rings (SSSR count). The van der Waals surface area contributed by atoms with E-state index in [0.717, 1.165) is 0 Å². The van der Waals surface area contributed by atoms with E-state index in [-0.39, 0.29) is 4.75 Å². The van der Waals surface area contributed by atoms with Crippen molar-refractivity contribution in [1.82, 2.24) is 0 Å². The van der Waals surface area contributed by atoms with E-state index >= 15 is 0 Å². The average Bonchev–Trinajstić information content (AvgIpc) is 2.06. The van der Waals surface area contributed by atoms with Gasteiger partial charge in [0.05, 0.1) is 0 Å². The predicted molar refractivity (Wildman–Crippen MR) is 54.7 cm³/mol. The van der Waals surface area contributed by atoms with Crippen molar-refractivity contribution in [3.8, 4) is 0 Å². The smallest absolute Gasteiger partial charge is 0.0428 e. The quantitative estimate of drug-likeness (QED) is 0.651. The van der Waals surface area contributed by atoms with Gasteiger partial charge in [-0.25, -0.2) is 0 Å². The van der Waals surface area contributed by atoms with Crippen molar-refractivity contribution in [3.05, 3.63) is 0 Å². The number of hydrogen-bond donors (Lipinski definition) is 0. The number of hydrogen-bond acceptors (Lipinski definition) is 1. The van der Waals surface area contributed by atoms with Crippen LogP contribution in [0.1, 0.15) is 46.0 Å². The van der Waals surface area contributed by atoms with Crippen LogP contribution in [0.3, 0.4) is 0 Å². The molecule has 1 fully saturated rings. The largest absolute Gasteiger partial charge is 0.259 e. The fraction of sp³-hybridized carbons (Fsp3) is 1.00. The van der Waals surface area contributed by atoms with Crippen molar-refractivity contribution in [2.24, 2.45) is 5.92 Å². The molecular formula is C10H20OS. The van der Waals surface area contributed by atoms with E-state index in [2.05, 4.69) is 13.8 Å². The first kappa shape index (κ1) is 10.2. The van der Waals surface area contributed by atoms with E-state index in [9.17, 15) is 4.21 Å². The van der Waals surface area contributed by atoms with Crippen LogP contribution < -0.4 is 0 Å². The second kappa shape index (κ2) is 3.91. The predicted octanol–water partition coefficient (Wildman–Crippen LogP) is 2.72. The monoisotopic (exact) mass is 188 g/mol. The first-order valence-corrected chi connectivity index (χ1v) is 6.44. The highest BCUT2D eigenvalue weighted by Gasteiger charge is 2.33. The maximum absolute atomic E-state index is 11.5. The Bertz CT molecular complexity index is 169. The first-order valence-electron chi connectivity index (χ1n) is 4.88. The van der Waals surface area contributed by atoms with Crippen LogP contribution in [0.15, 0.2) is 0 Å². The van der Waals surface area contributed by atoms with Crippen LogP contribution >= 0.6 is 0 Å². The third-order valence-electron chi connectivity index (χ3n) is 3.33. The summed E-state index contributed by atoms with van der Waals surface area (Å²) in [6.07, 6.45) is 8.47. The number of rotatable bonds is 2. The van der Waals surface area contributed by atoms with Gasteiger partial charge in [-0.3, -0.25) is 4.21 Å². The fourth-order valence-corrected chi connectivity index (χ4v) is 2.74. The molecule has 0 bridgehead atoms. The Morgan fingerprint density at radius 3 is 2.08 bits per heavy atom. The van der Waals surface area contributed by atoms with Crippen molar-refractivity contribution >= 4 is 10.8 Å². The highest BCUT2D eigenvalue weighted by atomic mass is 32.2. The molecule has 0 N–H and O–H groups in total. The molecule has 0 amide bonds. The van der Waals surface area contributed by atoms with E-state index in [4.69, 9.17) is 0 Å². The summed E-state index contributed by atoms with van der Waals surface area (Å²) >= 11 is 0. The Morgan fingerprint density at radius 1 is 1.17 bits per heavy atom. The van der Waals surface area contributed by atoms with E-state index in [1.54, 1.807) is 0 Å². The molecule has 0 spiro atoms. The lowest BCUT2D eigenvalue weighted by Gasteiger charge is -2.35. The highest BCUT2D eigenvalue weighted by Crippen LogP contribution is 2.35. The topological polar surface area (TPSA) is 17.1 Å². The van der Waals surface area contributed by atoms with Gasteiger partial charge in [0.15, 0.2) is 0 Å². The molecule has 0 aromatic rings. The molecule has 1 aliphatic rings.